The molecule has 70 valence electrons. The van der Waals surface area contributed by atoms with Crippen LogP contribution in [-0.2, 0) is 0 Å². The first-order valence-corrected chi connectivity index (χ1v) is 5.50. The van der Waals surface area contributed by atoms with Gasteiger partial charge in [-0.1, -0.05) is 35.9 Å². The molecule has 0 aromatic rings. The highest BCUT2D eigenvalue weighted by Gasteiger charge is 2.21. The van der Waals surface area contributed by atoms with E-state index in [0.717, 1.165) is 17.4 Å². The molecule has 2 heteroatoms. The zero-order valence-corrected chi connectivity index (χ0v) is 9.63. The summed E-state index contributed by atoms with van der Waals surface area (Å²) >= 11 is 3.48. The SMILES string of the molecule is CC(C)(CBr)C1=C=CC/C=C\C=N/1. The summed E-state index contributed by atoms with van der Waals surface area (Å²) in [6.07, 6.45) is 8.83. The van der Waals surface area contributed by atoms with Crippen molar-refractivity contribution in [3.8, 4) is 0 Å². The van der Waals surface area contributed by atoms with Gasteiger partial charge in [-0.05, 0) is 18.6 Å². The zero-order valence-electron chi connectivity index (χ0n) is 8.05. The summed E-state index contributed by atoms with van der Waals surface area (Å²) < 4.78 is 0. The third-order valence-electron chi connectivity index (χ3n) is 1.89. The van der Waals surface area contributed by atoms with Crippen molar-refractivity contribution in [3.63, 3.8) is 0 Å². The van der Waals surface area contributed by atoms with Crippen LogP contribution in [0.2, 0.25) is 0 Å². The summed E-state index contributed by atoms with van der Waals surface area (Å²) in [7, 11) is 0. The maximum absolute atomic E-state index is 4.36. The molecule has 1 aliphatic heterocycles. The van der Waals surface area contributed by atoms with E-state index >= 15 is 0 Å². The number of aliphatic imine (C=N–C) groups is 1. The van der Waals surface area contributed by atoms with Gasteiger partial charge in [-0.25, -0.2) is 0 Å². The number of nitrogens with zero attached hydrogens (tertiary/aromatic N) is 1. The van der Waals surface area contributed by atoms with Gasteiger partial charge in [0.1, 0.15) is 0 Å². The third kappa shape index (κ3) is 2.98. The fraction of sp³-hybridized carbons (Fsp3) is 0.455. The molecule has 1 nitrogen and oxygen atoms in total. The molecule has 0 atom stereocenters. The molecule has 0 aromatic carbocycles. The van der Waals surface area contributed by atoms with E-state index in [1.165, 1.54) is 0 Å². The van der Waals surface area contributed by atoms with E-state index in [9.17, 15) is 0 Å². The maximum atomic E-state index is 4.36. The van der Waals surface area contributed by atoms with Gasteiger partial charge in [0.05, 0.1) is 5.70 Å². The Kier molecular flexibility index (Phi) is 3.71. The van der Waals surface area contributed by atoms with Crippen molar-refractivity contribution in [1.82, 2.24) is 0 Å². The first kappa shape index (κ1) is 10.5. The molecular weight excluding hydrogens is 226 g/mol. The zero-order chi connectivity index (χ0) is 9.73. The molecule has 0 aliphatic carbocycles. The standard InChI is InChI=1S/C11H14BrN/c1-11(2,9-12)10-7-5-3-4-6-8-13-10/h4-6,8H,3,9H2,1-2H3/b6-4-,13-8-. The molecule has 0 radical (unpaired) electrons. The van der Waals surface area contributed by atoms with Crippen LogP contribution in [0, 0.1) is 5.41 Å². The monoisotopic (exact) mass is 239 g/mol. The average molecular weight is 240 g/mol. The number of alkyl halides is 1. The van der Waals surface area contributed by atoms with Gasteiger partial charge in [0.25, 0.3) is 0 Å². The summed E-state index contributed by atoms with van der Waals surface area (Å²) in [6, 6.07) is 0. The van der Waals surface area contributed by atoms with Crippen LogP contribution in [0.5, 0.6) is 0 Å². The highest BCUT2D eigenvalue weighted by atomic mass is 79.9. The molecule has 0 spiro atoms. The minimum Gasteiger partial charge on any atom is -0.252 e. The van der Waals surface area contributed by atoms with Crippen molar-refractivity contribution >= 4 is 22.1 Å². The largest absolute Gasteiger partial charge is 0.252 e. The lowest BCUT2D eigenvalue weighted by molar-refractivity contribution is 0.515. The Hall–Kier alpha value is -0.590. The van der Waals surface area contributed by atoms with Crippen LogP contribution >= 0.6 is 15.9 Å². The van der Waals surface area contributed by atoms with Crippen LogP contribution in [0.3, 0.4) is 0 Å². The molecule has 1 heterocycles. The van der Waals surface area contributed by atoms with Gasteiger partial charge >= 0.3 is 0 Å². The highest BCUT2D eigenvalue weighted by Crippen LogP contribution is 2.28. The Morgan fingerprint density at radius 1 is 1.62 bits per heavy atom. The maximum Gasteiger partial charge on any atom is 0.0882 e. The second-order valence-corrected chi connectivity index (χ2v) is 4.22. The van der Waals surface area contributed by atoms with Gasteiger partial charge in [0.15, 0.2) is 0 Å². The first-order chi connectivity index (χ1) is 6.17. The number of hydrogen-bond donors (Lipinski definition) is 0. The van der Waals surface area contributed by atoms with Gasteiger partial charge in [-0.3, -0.25) is 4.99 Å². The summed E-state index contributed by atoms with van der Waals surface area (Å²) in [4.78, 5) is 4.36. The molecule has 1 rings (SSSR count). The normalized spacial score (nSPS) is 21.6. The van der Waals surface area contributed by atoms with Crippen LogP contribution in [-0.4, -0.2) is 11.5 Å². The fourth-order valence-corrected chi connectivity index (χ4v) is 1.22. The molecule has 13 heavy (non-hydrogen) atoms. The number of halogens is 1. The van der Waals surface area contributed by atoms with Crippen LogP contribution in [0.1, 0.15) is 20.3 Å². The topological polar surface area (TPSA) is 12.4 Å². The van der Waals surface area contributed by atoms with Crippen LogP contribution in [0.15, 0.2) is 34.6 Å². The van der Waals surface area contributed by atoms with E-state index in [-0.39, 0.29) is 5.41 Å². The molecule has 0 unspecified atom stereocenters. The molecule has 0 bridgehead atoms. The van der Waals surface area contributed by atoms with Crippen LogP contribution in [0.25, 0.3) is 0 Å². The van der Waals surface area contributed by atoms with Crippen LogP contribution in [0.4, 0.5) is 0 Å². The van der Waals surface area contributed by atoms with E-state index in [1.54, 1.807) is 0 Å². The number of rotatable bonds is 2. The Morgan fingerprint density at radius 3 is 3.08 bits per heavy atom. The molecule has 0 saturated carbocycles. The van der Waals surface area contributed by atoms with Crippen molar-refractivity contribution in [2.75, 3.05) is 5.33 Å². The van der Waals surface area contributed by atoms with E-state index in [1.807, 2.05) is 18.4 Å². The van der Waals surface area contributed by atoms with E-state index < -0.39 is 0 Å². The Bertz CT molecular complexity index is 291. The molecule has 0 aromatic heterocycles. The van der Waals surface area contributed by atoms with Crippen molar-refractivity contribution in [3.05, 3.63) is 29.7 Å². The molecule has 1 aliphatic rings. The van der Waals surface area contributed by atoms with Gasteiger partial charge in [-0.15, -0.1) is 5.73 Å². The molecule has 0 N–H and O–H groups in total. The second kappa shape index (κ2) is 4.59. The van der Waals surface area contributed by atoms with E-state index in [4.69, 9.17) is 0 Å². The van der Waals surface area contributed by atoms with Crippen LogP contribution < -0.4 is 0 Å². The summed E-state index contributed by atoms with van der Waals surface area (Å²) in [5, 5.41) is 0.900. The predicted octanol–water partition coefficient (Wildman–Crippen LogP) is 3.48. The summed E-state index contributed by atoms with van der Waals surface area (Å²) in [5.41, 5.74) is 4.29. The Morgan fingerprint density at radius 2 is 2.38 bits per heavy atom. The van der Waals surface area contributed by atoms with Crippen molar-refractivity contribution < 1.29 is 0 Å². The van der Waals surface area contributed by atoms with Gasteiger partial charge in [0, 0.05) is 17.0 Å². The molecule has 0 saturated heterocycles. The van der Waals surface area contributed by atoms with Crippen molar-refractivity contribution in [1.29, 1.82) is 0 Å². The van der Waals surface area contributed by atoms with E-state index in [2.05, 4.69) is 46.6 Å². The first-order valence-electron chi connectivity index (χ1n) is 4.37. The number of allylic oxidation sites excluding steroid dienone is 3. The third-order valence-corrected chi connectivity index (χ3v) is 3.30. The quantitative estimate of drug-likeness (QED) is 0.517. The highest BCUT2D eigenvalue weighted by molar-refractivity contribution is 9.09. The summed E-state index contributed by atoms with van der Waals surface area (Å²) in [5.74, 6) is 0. The lowest BCUT2D eigenvalue weighted by atomic mass is 9.92. The number of hydrogen-bond acceptors (Lipinski definition) is 1. The Labute approximate surface area is 88.1 Å². The molecular formula is C11H14BrN. The van der Waals surface area contributed by atoms with Gasteiger partial charge in [-0.2, -0.15) is 0 Å². The van der Waals surface area contributed by atoms with Crippen molar-refractivity contribution in [2.45, 2.75) is 20.3 Å². The van der Waals surface area contributed by atoms with Gasteiger partial charge < -0.3 is 0 Å². The van der Waals surface area contributed by atoms with Crippen molar-refractivity contribution in [2.24, 2.45) is 10.4 Å². The van der Waals surface area contributed by atoms with E-state index in [0.29, 0.717) is 0 Å². The lowest BCUT2D eigenvalue weighted by Gasteiger charge is -2.20. The molecule has 0 amide bonds. The average Bonchev–Trinajstić information content (AvgIpc) is 2.03. The smallest absolute Gasteiger partial charge is 0.0882 e. The van der Waals surface area contributed by atoms with Gasteiger partial charge in [0.2, 0.25) is 0 Å². The lowest BCUT2D eigenvalue weighted by Crippen LogP contribution is -2.14. The fourth-order valence-electron chi connectivity index (χ4n) is 0.951. The predicted molar refractivity (Wildman–Crippen MR) is 61.4 cm³/mol. The Balaban J connectivity index is 2.96. The minimum atomic E-state index is 0.0538. The minimum absolute atomic E-state index is 0.0538. The molecule has 0 fully saturated rings. The second-order valence-electron chi connectivity index (χ2n) is 3.66. The summed E-state index contributed by atoms with van der Waals surface area (Å²) in [6.45, 7) is 4.31.